The molecular weight excluding hydrogens is 496 g/mol. The number of Topliss-reactive ketones (excluding diaryl/α,β-unsaturated/α-hetero) is 1. The maximum Gasteiger partial charge on any atom is 0.350 e. The van der Waals surface area contributed by atoms with E-state index in [1.165, 1.54) is 19.1 Å². The average molecular weight is 523 g/mol. The Labute approximate surface area is 217 Å². The first-order chi connectivity index (χ1) is 17.7. The van der Waals surface area contributed by atoms with Crippen molar-refractivity contribution >= 4 is 39.9 Å². The van der Waals surface area contributed by atoms with E-state index in [9.17, 15) is 19.5 Å². The molecule has 0 unspecified atom stereocenters. The second kappa shape index (κ2) is 10.4. The number of ether oxygens (including phenoxy) is 3. The Morgan fingerprint density at radius 2 is 1.86 bits per heavy atom. The van der Waals surface area contributed by atoms with Gasteiger partial charge in [0.25, 0.3) is 5.78 Å². The summed E-state index contributed by atoms with van der Waals surface area (Å²) in [7, 11) is 2.78. The number of rotatable bonds is 7. The Morgan fingerprint density at radius 1 is 1.14 bits per heavy atom. The van der Waals surface area contributed by atoms with Gasteiger partial charge in [0.2, 0.25) is 0 Å². The molecule has 1 amide bonds. The van der Waals surface area contributed by atoms with Gasteiger partial charge in [-0.3, -0.25) is 14.5 Å². The second-order valence-corrected chi connectivity index (χ2v) is 9.20. The number of aliphatic hydroxyl groups is 1. The van der Waals surface area contributed by atoms with Crippen LogP contribution in [0.1, 0.15) is 45.0 Å². The van der Waals surface area contributed by atoms with Crippen LogP contribution in [0.15, 0.2) is 48.0 Å². The zero-order chi connectivity index (χ0) is 26.9. The number of benzene rings is 2. The van der Waals surface area contributed by atoms with E-state index in [-0.39, 0.29) is 21.3 Å². The van der Waals surface area contributed by atoms with Crippen molar-refractivity contribution in [2.45, 2.75) is 26.8 Å². The Hall–Kier alpha value is -4.18. The minimum absolute atomic E-state index is 0.113. The van der Waals surface area contributed by atoms with Crippen molar-refractivity contribution in [1.29, 1.82) is 0 Å². The number of para-hydroxylation sites is 1. The van der Waals surface area contributed by atoms with Crippen molar-refractivity contribution in [1.82, 2.24) is 4.98 Å². The smallest absolute Gasteiger partial charge is 0.350 e. The molecule has 0 bridgehead atoms. The van der Waals surface area contributed by atoms with Crippen molar-refractivity contribution in [2.24, 2.45) is 0 Å². The molecule has 2 aromatic carbocycles. The predicted molar refractivity (Wildman–Crippen MR) is 138 cm³/mol. The molecular formula is C27H26N2O7S. The van der Waals surface area contributed by atoms with E-state index in [0.717, 1.165) is 11.3 Å². The molecule has 10 heteroatoms. The number of aryl methyl sites for hydroxylation is 2. The average Bonchev–Trinajstić information content (AvgIpc) is 3.40. The number of ketones is 1. The van der Waals surface area contributed by atoms with E-state index in [0.29, 0.717) is 40.5 Å². The lowest BCUT2D eigenvalue weighted by atomic mass is 9.93. The lowest BCUT2D eigenvalue weighted by molar-refractivity contribution is -0.132. The van der Waals surface area contributed by atoms with Gasteiger partial charge in [0, 0.05) is 11.1 Å². The topological polar surface area (TPSA) is 115 Å². The largest absolute Gasteiger partial charge is 0.507 e. The summed E-state index contributed by atoms with van der Waals surface area (Å²) in [5.74, 6) is -1.66. The molecule has 37 heavy (non-hydrogen) atoms. The van der Waals surface area contributed by atoms with E-state index in [1.807, 2.05) is 6.92 Å². The molecule has 192 valence electrons. The normalized spacial score (nSPS) is 16.7. The SMILES string of the molecule is CCOc1ccccc1[C@H]1/C(=C(\O)c2ccc(OC)cc2C)C(=O)C(=O)N1c1nc(C)c(C(=O)OC)s1. The van der Waals surface area contributed by atoms with Gasteiger partial charge >= 0.3 is 11.9 Å². The number of methoxy groups -OCH3 is 2. The molecule has 1 atom stereocenters. The van der Waals surface area contributed by atoms with Gasteiger partial charge in [0.15, 0.2) is 5.13 Å². The molecule has 0 saturated carbocycles. The van der Waals surface area contributed by atoms with Crippen LogP contribution in [0.4, 0.5) is 5.13 Å². The Kier molecular flexibility index (Phi) is 7.30. The summed E-state index contributed by atoms with van der Waals surface area (Å²) in [5.41, 5.74) is 1.76. The highest BCUT2D eigenvalue weighted by molar-refractivity contribution is 7.17. The number of carbonyl (C=O) groups excluding carboxylic acids is 3. The highest BCUT2D eigenvalue weighted by Gasteiger charge is 2.49. The molecule has 9 nitrogen and oxygen atoms in total. The van der Waals surface area contributed by atoms with Crippen LogP contribution in [-0.2, 0) is 14.3 Å². The third-order valence-corrected chi connectivity index (χ3v) is 7.15. The van der Waals surface area contributed by atoms with E-state index in [2.05, 4.69) is 4.98 Å². The summed E-state index contributed by atoms with van der Waals surface area (Å²) in [6.45, 7) is 5.55. The lowest BCUT2D eigenvalue weighted by Gasteiger charge is -2.25. The molecule has 3 aromatic rings. The second-order valence-electron chi connectivity index (χ2n) is 8.22. The summed E-state index contributed by atoms with van der Waals surface area (Å²) in [4.78, 5) is 45.0. The number of thiazole rings is 1. The number of aromatic nitrogens is 1. The van der Waals surface area contributed by atoms with Gasteiger partial charge in [-0.25, -0.2) is 9.78 Å². The highest BCUT2D eigenvalue weighted by Crippen LogP contribution is 2.46. The predicted octanol–water partition coefficient (Wildman–Crippen LogP) is 4.58. The third kappa shape index (κ3) is 4.55. The Morgan fingerprint density at radius 3 is 2.51 bits per heavy atom. The van der Waals surface area contributed by atoms with Gasteiger partial charge in [0.1, 0.15) is 28.2 Å². The fourth-order valence-electron chi connectivity index (χ4n) is 4.26. The molecule has 1 N–H and O–H groups in total. The molecule has 1 aromatic heterocycles. The lowest BCUT2D eigenvalue weighted by Crippen LogP contribution is -2.29. The quantitative estimate of drug-likeness (QED) is 0.208. The Bertz CT molecular complexity index is 1430. The molecule has 1 saturated heterocycles. The number of aliphatic hydroxyl groups excluding tert-OH is 1. The van der Waals surface area contributed by atoms with E-state index in [4.69, 9.17) is 14.2 Å². The van der Waals surface area contributed by atoms with Gasteiger partial charge in [0.05, 0.1) is 32.1 Å². The third-order valence-electron chi connectivity index (χ3n) is 6.01. The number of hydrogen-bond donors (Lipinski definition) is 1. The molecule has 0 spiro atoms. The maximum absolute atomic E-state index is 13.5. The Balaban J connectivity index is 1.99. The van der Waals surface area contributed by atoms with Crippen LogP contribution in [0.5, 0.6) is 11.5 Å². The number of esters is 1. The van der Waals surface area contributed by atoms with Crippen LogP contribution in [0.25, 0.3) is 5.76 Å². The molecule has 1 aliphatic heterocycles. The molecule has 1 aliphatic rings. The maximum atomic E-state index is 13.5. The van der Waals surface area contributed by atoms with Crippen molar-refractivity contribution < 1.29 is 33.7 Å². The van der Waals surface area contributed by atoms with E-state index in [1.54, 1.807) is 56.3 Å². The van der Waals surface area contributed by atoms with Gasteiger partial charge < -0.3 is 19.3 Å². The van der Waals surface area contributed by atoms with Gasteiger partial charge in [-0.05, 0) is 50.6 Å². The van der Waals surface area contributed by atoms with Gasteiger partial charge in [-0.1, -0.05) is 29.5 Å². The van der Waals surface area contributed by atoms with Crippen LogP contribution in [-0.4, -0.2) is 48.6 Å². The zero-order valence-corrected chi connectivity index (χ0v) is 21.8. The van der Waals surface area contributed by atoms with Crippen LogP contribution in [0.2, 0.25) is 0 Å². The number of hydrogen-bond acceptors (Lipinski definition) is 9. The molecule has 4 rings (SSSR count). The van der Waals surface area contributed by atoms with E-state index >= 15 is 0 Å². The van der Waals surface area contributed by atoms with Gasteiger partial charge in [-0.2, -0.15) is 0 Å². The zero-order valence-electron chi connectivity index (χ0n) is 21.0. The number of anilines is 1. The number of nitrogens with zero attached hydrogens (tertiary/aromatic N) is 2. The van der Waals surface area contributed by atoms with Crippen molar-refractivity contribution in [3.63, 3.8) is 0 Å². The number of carbonyl (C=O) groups is 3. The van der Waals surface area contributed by atoms with Crippen molar-refractivity contribution in [3.05, 3.63) is 75.3 Å². The fourth-order valence-corrected chi connectivity index (χ4v) is 5.27. The van der Waals surface area contributed by atoms with Crippen LogP contribution < -0.4 is 14.4 Å². The highest BCUT2D eigenvalue weighted by atomic mass is 32.1. The molecule has 1 fully saturated rings. The first kappa shape index (κ1) is 25.9. The van der Waals surface area contributed by atoms with E-state index < -0.39 is 23.7 Å². The summed E-state index contributed by atoms with van der Waals surface area (Å²) < 4.78 is 15.9. The van der Waals surface area contributed by atoms with Crippen molar-refractivity contribution in [3.8, 4) is 11.5 Å². The van der Waals surface area contributed by atoms with Crippen molar-refractivity contribution in [2.75, 3.05) is 25.7 Å². The minimum Gasteiger partial charge on any atom is -0.507 e. The summed E-state index contributed by atoms with van der Waals surface area (Å²) in [6, 6.07) is 10.9. The molecule has 0 radical (unpaired) electrons. The fraction of sp³-hybridized carbons (Fsp3) is 0.259. The van der Waals surface area contributed by atoms with Crippen LogP contribution in [0, 0.1) is 13.8 Å². The van der Waals surface area contributed by atoms with Crippen LogP contribution in [0.3, 0.4) is 0 Å². The summed E-state index contributed by atoms with van der Waals surface area (Å²) in [5, 5.41) is 11.6. The molecule has 0 aliphatic carbocycles. The first-order valence-corrected chi connectivity index (χ1v) is 12.3. The first-order valence-electron chi connectivity index (χ1n) is 11.5. The number of amides is 1. The standard InChI is InChI=1S/C27H26N2O7S/c1-6-36-19-10-8-7-9-18(19)21-20(22(30)17-12-11-16(34-4)13-14(17)2)23(31)25(32)29(21)27-28-15(3)24(37-27)26(33)35-5/h7-13,21,30H,6H2,1-5H3/b22-20+/t21-/m0/s1. The summed E-state index contributed by atoms with van der Waals surface area (Å²) in [6.07, 6.45) is 0. The van der Waals surface area contributed by atoms with Crippen LogP contribution >= 0.6 is 11.3 Å². The minimum atomic E-state index is -1.06. The molecule has 2 heterocycles. The summed E-state index contributed by atoms with van der Waals surface area (Å²) >= 11 is 0.936. The van der Waals surface area contributed by atoms with Gasteiger partial charge in [-0.15, -0.1) is 0 Å². The monoisotopic (exact) mass is 522 g/mol.